The highest BCUT2D eigenvalue weighted by Gasteiger charge is 2.33. The number of thiol groups is 1. The van der Waals surface area contributed by atoms with Crippen molar-refractivity contribution in [3.63, 3.8) is 0 Å². The van der Waals surface area contributed by atoms with E-state index in [1.165, 1.54) is 12.1 Å². The lowest BCUT2D eigenvalue weighted by Gasteiger charge is -2.16. The quantitative estimate of drug-likeness (QED) is 0.481. The average molecular weight is 315 g/mol. The van der Waals surface area contributed by atoms with Crippen molar-refractivity contribution >= 4 is 24.2 Å². The number of rotatable bonds is 6. The highest BCUT2D eigenvalue weighted by Crippen LogP contribution is 2.36. The van der Waals surface area contributed by atoms with Crippen LogP contribution in [0.2, 0.25) is 5.02 Å². The van der Waals surface area contributed by atoms with Crippen LogP contribution in [-0.2, 0) is 12.7 Å². The maximum Gasteiger partial charge on any atom is 0.417 e. The Morgan fingerprint density at radius 3 is 2.58 bits per heavy atom. The highest BCUT2D eigenvalue weighted by atomic mass is 35.5. The highest BCUT2D eigenvalue weighted by molar-refractivity contribution is 7.80. The summed E-state index contributed by atoms with van der Waals surface area (Å²) in [6.45, 7) is 0.413. The molecule has 1 unspecified atom stereocenters. The van der Waals surface area contributed by atoms with Gasteiger partial charge in [0.15, 0.2) is 0 Å². The summed E-state index contributed by atoms with van der Waals surface area (Å²) >= 11 is 9.85. The number of hydrogen-bond acceptors (Lipinski definition) is 4. The van der Waals surface area contributed by atoms with Crippen LogP contribution in [0.15, 0.2) is 18.2 Å². The second-order valence-corrected chi connectivity index (χ2v) is 4.63. The smallest absolute Gasteiger partial charge is 0.395 e. The molecule has 0 fully saturated rings. The Morgan fingerprint density at radius 2 is 2.00 bits per heavy atom. The van der Waals surface area contributed by atoms with Gasteiger partial charge in [0.05, 0.1) is 17.2 Å². The SMILES string of the molecule is OCCNC(S)NCc1cccc(C(F)(F)F)c1Cl. The number of benzene rings is 1. The van der Waals surface area contributed by atoms with Gasteiger partial charge in [-0.25, -0.2) is 0 Å². The topological polar surface area (TPSA) is 44.3 Å². The molecule has 0 saturated heterocycles. The van der Waals surface area contributed by atoms with Gasteiger partial charge in [-0.05, 0) is 11.6 Å². The fourth-order valence-corrected chi connectivity index (χ4v) is 1.94. The summed E-state index contributed by atoms with van der Waals surface area (Å²) in [5.74, 6) is 0. The Kier molecular flexibility index (Phi) is 6.41. The van der Waals surface area contributed by atoms with Crippen LogP contribution in [0.1, 0.15) is 11.1 Å². The number of aliphatic hydroxyl groups excluding tert-OH is 1. The molecule has 0 heterocycles. The normalized spacial score (nSPS) is 13.6. The van der Waals surface area contributed by atoms with Crippen molar-refractivity contribution in [2.45, 2.75) is 18.2 Å². The summed E-state index contributed by atoms with van der Waals surface area (Å²) in [7, 11) is 0. The largest absolute Gasteiger partial charge is 0.417 e. The molecule has 8 heteroatoms. The van der Waals surface area contributed by atoms with Gasteiger partial charge in [0.25, 0.3) is 0 Å². The monoisotopic (exact) mass is 314 g/mol. The van der Waals surface area contributed by atoms with Crippen molar-refractivity contribution in [3.8, 4) is 0 Å². The van der Waals surface area contributed by atoms with Crippen molar-refractivity contribution in [3.05, 3.63) is 34.3 Å². The molecule has 0 aliphatic carbocycles. The van der Waals surface area contributed by atoms with Gasteiger partial charge >= 0.3 is 6.18 Å². The maximum absolute atomic E-state index is 12.6. The standard InChI is InChI=1S/C11H14ClF3N2OS/c12-9-7(6-17-10(19)16-4-5-18)2-1-3-8(9)11(13,14)15/h1-3,10,16-19H,4-6H2. The molecule has 3 N–H and O–H groups in total. The average Bonchev–Trinajstić information content (AvgIpc) is 2.33. The number of halogens is 4. The summed E-state index contributed by atoms with van der Waals surface area (Å²) < 4.78 is 37.9. The van der Waals surface area contributed by atoms with Crippen LogP contribution >= 0.6 is 24.2 Å². The number of aliphatic hydroxyl groups is 1. The Hall–Kier alpha value is -0.470. The summed E-state index contributed by atoms with van der Waals surface area (Å²) in [4.78, 5) is 0. The molecule has 1 rings (SSSR count). The first-order valence-corrected chi connectivity index (χ1v) is 6.36. The molecule has 0 aliphatic heterocycles. The van der Waals surface area contributed by atoms with E-state index in [-0.39, 0.29) is 18.2 Å². The van der Waals surface area contributed by atoms with Gasteiger partial charge in [0, 0.05) is 13.1 Å². The summed E-state index contributed by atoms with van der Waals surface area (Å²) in [6, 6.07) is 3.76. The van der Waals surface area contributed by atoms with E-state index in [1.54, 1.807) is 0 Å². The molecule has 108 valence electrons. The fraction of sp³-hybridized carbons (Fsp3) is 0.455. The minimum absolute atomic E-state index is 0.0525. The van der Waals surface area contributed by atoms with Crippen LogP contribution in [-0.4, -0.2) is 23.8 Å². The third-order valence-electron chi connectivity index (χ3n) is 2.32. The zero-order valence-electron chi connectivity index (χ0n) is 9.84. The van der Waals surface area contributed by atoms with E-state index < -0.39 is 17.2 Å². The second-order valence-electron chi connectivity index (χ2n) is 3.74. The van der Waals surface area contributed by atoms with E-state index in [4.69, 9.17) is 16.7 Å². The first-order valence-electron chi connectivity index (χ1n) is 5.46. The van der Waals surface area contributed by atoms with Crippen molar-refractivity contribution in [2.75, 3.05) is 13.2 Å². The van der Waals surface area contributed by atoms with Gasteiger partial charge in [0.1, 0.15) is 5.50 Å². The molecular weight excluding hydrogens is 301 g/mol. The molecule has 3 nitrogen and oxygen atoms in total. The lowest BCUT2D eigenvalue weighted by Crippen LogP contribution is -2.38. The Morgan fingerprint density at radius 1 is 1.32 bits per heavy atom. The van der Waals surface area contributed by atoms with Gasteiger partial charge in [0.2, 0.25) is 0 Å². The molecule has 0 amide bonds. The Labute approximate surface area is 119 Å². The molecule has 0 spiro atoms. The maximum atomic E-state index is 12.6. The first-order chi connectivity index (χ1) is 8.86. The van der Waals surface area contributed by atoms with E-state index in [0.29, 0.717) is 12.1 Å². The van der Waals surface area contributed by atoms with E-state index >= 15 is 0 Å². The summed E-state index contributed by atoms with van der Waals surface area (Å²) in [5.41, 5.74) is -0.966. The van der Waals surface area contributed by atoms with E-state index in [9.17, 15) is 13.2 Å². The van der Waals surface area contributed by atoms with Crippen LogP contribution in [0, 0.1) is 0 Å². The van der Waals surface area contributed by atoms with Crippen molar-refractivity contribution < 1.29 is 18.3 Å². The predicted octanol–water partition coefficient (Wildman–Crippen LogP) is 2.24. The van der Waals surface area contributed by atoms with Crippen molar-refractivity contribution in [1.82, 2.24) is 10.6 Å². The van der Waals surface area contributed by atoms with Crippen LogP contribution in [0.3, 0.4) is 0 Å². The van der Waals surface area contributed by atoms with E-state index in [2.05, 4.69) is 23.3 Å². The molecular formula is C11H14ClF3N2OS. The molecule has 0 aromatic heterocycles. The van der Waals surface area contributed by atoms with Crippen LogP contribution in [0.25, 0.3) is 0 Å². The third-order valence-corrected chi connectivity index (χ3v) is 3.13. The molecule has 0 bridgehead atoms. The van der Waals surface area contributed by atoms with Crippen LogP contribution in [0.4, 0.5) is 13.2 Å². The zero-order valence-corrected chi connectivity index (χ0v) is 11.5. The number of nitrogens with one attached hydrogen (secondary N) is 2. The number of hydrogen-bond donors (Lipinski definition) is 4. The minimum atomic E-state index is -4.47. The van der Waals surface area contributed by atoms with Gasteiger partial charge < -0.3 is 5.11 Å². The Balaban J connectivity index is 2.69. The van der Waals surface area contributed by atoms with Gasteiger partial charge in [-0.15, -0.1) is 12.6 Å². The first kappa shape index (κ1) is 16.6. The molecule has 1 aromatic rings. The van der Waals surface area contributed by atoms with Crippen molar-refractivity contribution in [2.24, 2.45) is 0 Å². The summed E-state index contributed by atoms with van der Waals surface area (Å²) in [5, 5.41) is 13.9. The van der Waals surface area contributed by atoms with Crippen LogP contribution in [0.5, 0.6) is 0 Å². The molecule has 0 saturated carbocycles. The second kappa shape index (κ2) is 7.35. The third kappa shape index (κ3) is 5.19. The minimum Gasteiger partial charge on any atom is -0.395 e. The fourth-order valence-electron chi connectivity index (χ4n) is 1.42. The van der Waals surface area contributed by atoms with Crippen molar-refractivity contribution in [1.29, 1.82) is 0 Å². The van der Waals surface area contributed by atoms with Gasteiger partial charge in [-0.3, -0.25) is 10.6 Å². The lowest BCUT2D eigenvalue weighted by molar-refractivity contribution is -0.137. The molecule has 0 aliphatic rings. The number of alkyl halides is 3. The van der Waals surface area contributed by atoms with Gasteiger partial charge in [-0.2, -0.15) is 13.2 Å². The lowest BCUT2D eigenvalue weighted by atomic mass is 10.1. The van der Waals surface area contributed by atoms with E-state index in [0.717, 1.165) is 6.07 Å². The molecule has 0 radical (unpaired) electrons. The molecule has 19 heavy (non-hydrogen) atoms. The summed E-state index contributed by atoms with van der Waals surface area (Å²) in [6.07, 6.45) is -4.47. The van der Waals surface area contributed by atoms with E-state index in [1.807, 2.05) is 0 Å². The Bertz CT molecular complexity index is 417. The van der Waals surface area contributed by atoms with Gasteiger partial charge in [-0.1, -0.05) is 23.7 Å². The zero-order chi connectivity index (χ0) is 14.5. The molecule has 1 atom stereocenters. The van der Waals surface area contributed by atoms with Crippen LogP contribution < -0.4 is 10.6 Å². The molecule has 1 aromatic carbocycles. The predicted molar refractivity (Wildman–Crippen MR) is 71.2 cm³/mol.